The number of nitrogens with two attached hydrogens (primary N) is 1. The van der Waals surface area contributed by atoms with Crippen LogP contribution in [0, 0.1) is 47.5 Å². The quantitative estimate of drug-likeness (QED) is 0.0332. The molecular weight excluding hydrogens is 1680 g/mol. The first-order valence-electron chi connectivity index (χ1n) is 36.7. The predicted molar refractivity (Wildman–Crippen MR) is 463 cm³/mol. The highest BCUT2D eigenvalue weighted by Crippen LogP contribution is 2.35. The number of esters is 1. The summed E-state index contributed by atoms with van der Waals surface area (Å²) in [7, 11) is -4.91. The van der Waals surface area contributed by atoms with Crippen molar-refractivity contribution in [1.29, 1.82) is 0 Å². The van der Waals surface area contributed by atoms with E-state index in [0.29, 0.717) is 114 Å². The van der Waals surface area contributed by atoms with Crippen LogP contribution in [0.1, 0.15) is 92.3 Å². The molecule has 0 unspecified atom stereocenters. The third-order valence-corrected chi connectivity index (χ3v) is 21.7. The topological polar surface area (TPSA) is 351 Å². The average molecular weight is 1770 g/mol. The summed E-state index contributed by atoms with van der Waals surface area (Å²) >= 11 is 29.5. The molecule has 1 saturated heterocycles. The molecule has 8 aromatic heterocycles. The summed E-state index contributed by atoms with van der Waals surface area (Å²) in [6.07, 6.45) is 16.8. The van der Waals surface area contributed by atoms with Crippen molar-refractivity contribution in [2.75, 3.05) is 20.8 Å². The number of rotatable bonds is 19. The first-order valence-corrected chi connectivity index (χ1v) is 41.4. The number of nitrogens with zero attached hydrogens (tertiary/aromatic N) is 8. The molecule has 9 heterocycles. The normalized spacial score (nSPS) is 12.6. The molecule has 0 spiro atoms. The van der Waals surface area contributed by atoms with Crippen LogP contribution < -0.4 is 40.7 Å². The van der Waals surface area contributed by atoms with Gasteiger partial charge in [0.15, 0.2) is 11.9 Å². The number of hydrogen-bond donors (Lipinski definition) is 4. The van der Waals surface area contributed by atoms with Gasteiger partial charge in [0.1, 0.15) is 86.7 Å². The lowest BCUT2D eigenvalue weighted by Crippen LogP contribution is -2.31. The molecule has 26 nitrogen and oxygen atoms in total. The third-order valence-electron chi connectivity index (χ3n) is 18.1. The standard InChI is InChI=1S/C22H24ClN3O3.C16H13ClN2O3.2C12H10ClNO.C9H13NO3S.C9H12O3S.C7H5ClN2O.H3N/c1-14(16-4-6-19(28-3)7-5-16)25-12-17(10-22(25)27)15(2)29-21-11-18(23)13-26-20(21)8-9-24-26;1-21-16(20)13-8-18-19-9-12(17)7-14(15(13)19)22-10-11-5-3-2-4-6-11;2*13-11-6-12(8-14-7-11)15-9-10-4-2-1-3-5-10;1-6-4-7(2)9(8(3)5-6)14(11,12)13-10;1-6-4-7(2)9(8(3)5-6)13(10,11)12;8-5-3-7(11)6-1-2-9-10(6)4-5;/h4-9,11,13-15,17H,10,12H2,1-3H3;2-9H,10H2,1H3;2*1-8H,9H2;4-5H,10H2,1-3H3;4-5H,1-3H3,(H,10,11,12);1-4,11H;1H3/p+1/t14-,15-,17-;;;;;;;/m1......./s1. The van der Waals surface area contributed by atoms with Crippen LogP contribution in [0.25, 0.3) is 16.6 Å². The summed E-state index contributed by atoms with van der Waals surface area (Å²) in [5.74, 6) is 8.05. The molecule has 0 bridgehead atoms. The summed E-state index contributed by atoms with van der Waals surface area (Å²) in [4.78, 5) is 33.5. The van der Waals surface area contributed by atoms with Gasteiger partial charge in [0.2, 0.25) is 12.1 Å². The van der Waals surface area contributed by atoms with Gasteiger partial charge in [0.25, 0.3) is 10.1 Å². The van der Waals surface area contributed by atoms with Gasteiger partial charge in [0.05, 0.1) is 70.0 Å². The van der Waals surface area contributed by atoms with E-state index in [9.17, 15) is 31.5 Å². The van der Waals surface area contributed by atoms with Gasteiger partial charge in [-0.05, 0) is 124 Å². The maximum absolute atomic E-state index is 12.7. The minimum Gasteiger partial charge on any atom is -0.506 e. The molecule has 0 radical (unpaired) electrons. The fraction of sp³-hybridized carbons (Fsp3) is 0.207. The van der Waals surface area contributed by atoms with E-state index in [1.165, 1.54) is 28.4 Å². The zero-order chi connectivity index (χ0) is 86.1. The first kappa shape index (κ1) is 94.1. The van der Waals surface area contributed by atoms with E-state index in [4.69, 9.17) is 96.9 Å². The van der Waals surface area contributed by atoms with Crippen molar-refractivity contribution >= 4 is 107 Å². The van der Waals surface area contributed by atoms with E-state index in [-0.39, 0.29) is 45.7 Å². The Morgan fingerprint density at radius 3 is 1.57 bits per heavy atom. The Labute approximate surface area is 721 Å². The number of benzene rings is 6. The Kier molecular flexibility index (Phi) is 35.0. The van der Waals surface area contributed by atoms with Crippen molar-refractivity contribution in [3.8, 4) is 34.5 Å². The van der Waals surface area contributed by atoms with Gasteiger partial charge >= 0.3 is 16.1 Å². The molecule has 14 aromatic rings. The smallest absolute Gasteiger partial charge is 0.341 e. The number of pyridine rings is 5. The summed E-state index contributed by atoms with van der Waals surface area (Å²) in [5.41, 5.74) is 11.2. The fourth-order valence-corrected chi connectivity index (χ4v) is 15.5. The number of halogens is 5. The van der Waals surface area contributed by atoms with Gasteiger partial charge < -0.3 is 44.6 Å². The van der Waals surface area contributed by atoms with Gasteiger partial charge in [-0.1, -0.05) is 197 Å². The minimum absolute atomic E-state index is 0. The molecule has 1 fully saturated rings. The number of aromatic amines is 1. The van der Waals surface area contributed by atoms with E-state index >= 15 is 0 Å². The lowest BCUT2D eigenvalue weighted by atomic mass is 10.0. The number of likely N-dealkylation sites (tertiary alicyclic amines) is 1. The largest absolute Gasteiger partial charge is 0.506 e. The number of ether oxygens (including phenoxy) is 6. The number of aromatic hydroxyl groups is 1. The Morgan fingerprint density at radius 1 is 0.558 bits per heavy atom. The second-order valence-electron chi connectivity index (χ2n) is 27.1. The summed E-state index contributed by atoms with van der Waals surface area (Å²) in [6.45, 7) is 16.7. The molecule has 1 amide bonds. The van der Waals surface area contributed by atoms with Gasteiger partial charge in [-0.2, -0.15) is 42.3 Å². The van der Waals surface area contributed by atoms with Gasteiger partial charge in [-0.3, -0.25) is 14.3 Å². The van der Waals surface area contributed by atoms with Crippen molar-refractivity contribution in [3.63, 3.8) is 0 Å². The number of amides is 1. The number of fused-ring (bicyclic) bond motifs is 3. The molecule has 1 aliphatic rings. The Morgan fingerprint density at radius 2 is 1.05 bits per heavy atom. The Bertz CT molecular complexity index is 5850. The van der Waals surface area contributed by atoms with Crippen LogP contribution in [0.15, 0.2) is 254 Å². The molecule has 15 rings (SSSR count). The third kappa shape index (κ3) is 27.1. The Balaban J connectivity index is 0.000000179. The number of carbonyl (C=O) groups excluding carboxylic acids is 2. The number of methoxy groups -OCH3 is 2. The maximum atomic E-state index is 12.7. The second-order valence-corrected chi connectivity index (χ2v) is 32.1. The van der Waals surface area contributed by atoms with Crippen LogP contribution in [0.4, 0.5) is 0 Å². The summed E-state index contributed by atoms with van der Waals surface area (Å²) in [5, 5.41) is 24.3. The van der Waals surface area contributed by atoms with E-state index in [0.717, 1.165) is 50.4 Å². The van der Waals surface area contributed by atoms with E-state index in [2.05, 4.69) is 36.5 Å². The molecule has 33 heteroatoms. The van der Waals surface area contributed by atoms with Crippen LogP contribution in [-0.2, 0) is 53.9 Å². The van der Waals surface area contributed by atoms with Crippen molar-refractivity contribution in [2.24, 2.45) is 11.8 Å². The number of carbonyl (C=O) groups is 2. The fourth-order valence-electron chi connectivity index (χ4n) is 12.6. The molecule has 3 atom stereocenters. The molecule has 630 valence electrons. The molecule has 0 saturated carbocycles. The van der Waals surface area contributed by atoms with Gasteiger partial charge in [-0.25, -0.2) is 23.3 Å². The van der Waals surface area contributed by atoms with Gasteiger partial charge in [0, 0.05) is 74.0 Å². The van der Waals surface area contributed by atoms with Crippen LogP contribution >= 0.6 is 58.0 Å². The highest BCUT2D eigenvalue weighted by Gasteiger charge is 2.37. The zero-order valence-corrected chi connectivity index (χ0v) is 72.5. The monoisotopic (exact) mass is 1770 g/mol. The Hall–Kier alpha value is -11.4. The number of nitrogens with one attached hydrogen (secondary N) is 1. The second kappa shape index (κ2) is 44.6. The minimum atomic E-state index is -4.08. The van der Waals surface area contributed by atoms with Crippen LogP contribution in [0.2, 0.25) is 25.1 Å². The van der Waals surface area contributed by atoms with Crippen LogP contribution in [-0.4, -0.2) is 104 Å². The highest BCUT2D eigenvalue weighted by atomic mass is 35.5. The number of hydrogen-bond acceptors (Lipinski definition) is 20. The summed E-state index contributed by atoms with van der Waals surface area (Å²) in [6, 6.07) is 56.6. The van der Waals surface area contributed by atoms with Crippen molar-refractivity contribution in [2.45, 2.75) is 104 Å². The SMILES string of the molecule is COC(=O)c1cnn2cc(Cl)cc(OCc3ccccc3)c12.COc1ccc([C@@H](C)N2C[C@H]([C@@H](C)Oc3cc(Cl)cn4nccc34)CC2=O)cc1.Cc1cc(C)c(S(=O)(=O)O)c(C)c1.Cc1cc(C)c(S(=O)(=O)ON)c(C)c1.Clc1c[nH+]cc(OCc2ccccc2)c1.Clc1cncc(OCc2ccccc2)c1.N.Oc1cc(Cl)cn2nccc12. The van der Waals surface area contributed by atoms with Gasteiger partial charge in [-0.15, -0.1) is 0 Å². The average Bonchev–Trinajstić information content (AvgIpc) is 1.73. The molecular formula is C87H91Cl5N11O15S2+. The summed E-state index contributed by atoms with van der Waals surface area (Å²) < 4.78 is 95.5. The van der Waals surface area contributed by atoms with E-state index in [1.54, 1.807) is 150 Å². The number of aryl methyl sites for hydroxylation is 6. The van der Waals surface area contributed by atoms with Crippen LogP contribution in [0.3, 0.4) is 0 Å². The van der Waals surface area contributed by atoms with Crippen molar-refractivity contribution in [1.82, 2.24) is 44.9 Å². The van der Waals surface area contributed by atoms with Crippen molar-refractivity contribution < 1.29 is 73.8 Å². The van der Waals surface area contributed by atoms with Crippen molar-refractivity contribution in [3.05, 3.63) is 330 Å². The number of aromatic nitrogens is 8. The van der Waals surface area contributed by atoms with Crippen LogP contribution in [0.5, 0.6) is 34.5 Å². The lowest BCUT2D eigenvalue weighted by molar-refractivity contribution is -0.378. The molecule has 120 heavy (non-hydrogen) atoms. The molecule has 0 aliphatic carbocycles. The zero-order valence-electron chi connectivity index (χ0n) is 67.1. The maximum Gasteiger partial charge on any atom is 0.341 e. The van der Waals surface area contributed by atoms with E-state index in [1.807, 2.05) is 147 Å². The first-order chi connectivity index (χ1) is 56.8. The molecule has 8 N–H and O–H groups in total. The highest BCUT2D eigenvalue weighted by molar-refractivity contribution is 7.86. The lowest BCUT2D eigenvalue weighted by Gasteiger charge is -2.27. The molecule has 6 aromatic carbocycles. The number of H-pyrrole nitrogens is 1. The predicted octanol–water partition coefficient (Wildman–Crippen LogP) is 18.7. The van der Waals surface area contributed by atoms with E-state index < -0.39 is 26.2 Å². The molecule has 1 aliphatic heterocycles.